The Morgan fingerprint density at radius 2 is 2.56 bits per heavy atom. The fourth-order valence-electron chi connectivity index (χ4n) is 0.737. The second-order valence-corrected chi connectivity index (χ2v) is 2.03. The highest BCUT2D eigenvalue weighted by molar-refractivity contribution is 4.93. The van der Waals surface area contributed by atoms with Crippen LogP contribution in [0.5, 0.6) is 0 Å². The van der Waals surface area contributed by atoms with Crippen LogP contribution in [-0.4, -0.2) is 9.97 Å². The summed E-state index contributed by atoms with van der Waals surface area (Å²) in [6.45, 7) is 3.75. The van der Waals surface area contributed by atoms with Gasteiger partial charge in [-0.05, 0) is 12.8 Å². The fourth-order valence-corrected chi connectivity index (χ4v) is 0.737. The lowest BCUT2D eigenvalue weighted by atomic mass is 10.2. The topological polar surface area (TPSA) is 28.7 Å². The van der Waals surface area contributed by atoms with Gasteiger partial charge in [0.05, 0.1) is 6.33 Å². The number of aromatic nitrogens is 2. The molecule has 1 aromatic heterocycles. The van der Waals surface area contributed by atoms with Crippen molar-refractivity contribution in [3.63, 3.8) is 0 Å². The number of nitrogens with zero attached hydrogens (tertiary/aromatic N) is 1. The molecule has 9 heavy (non-hydrogen) atoms. The maximum atomic E-state index is 3.90. The number of aromatic amines is 1. The molecular formula is C7H11N2. The Kier molecular flexibility index (Phi) is 2.31. The van der Waals surface area contributed by atoms with Gasteiger partial charge in [0.15, 0.2) is 0 Å². The SMILES string of the molecule is [CH2]CCCc1cnc[nH]1. The van der Waals surface area contributed by atoms with E-state index in [1.165, 1.54) is 5.69 Å². The summed E-state index contributed by atoms with van der Waals surface area (Å²) < 4.78 is 0. The summed E-state index contributed by atoms with van der Waals surface area (Å²) in [7, 11) is 0. The minimum absolute atomic E-state index is 0.999. The average molecular weight is 123 g/mol. The third kappa shape index (κ3) is 1.88. The Balaban J connectivity index is 2.30. The molecule has 0 fully saturated rings. The molecule has 0 amide bonds. The minimum atomic E-state index is 0.999. The molecule has 0 aromatic carbocycles. The molecule has 0 bridgehead atoms. The fraction of sp³-hybridized carbons (Fsp3) is 0.429. The summed E-state index contributed by atoms with van der Waals surface area (Å²) in [6.07, 6.45) is 6.78. The summed E-state index contributed by atoms with van der Waals surface area (Å²) in [5, 5.41) is 0. The van der Waals surface area contributed by atoms with Gasteiger partial charge in [-0.25, -0.2) is 4.98 Å². The van der Waals surface area contributed by atoms with Crippen LogP contribution in [0.3, 0.4) is 0 Å². The first-order chi connectivity index (χ1) is 4.43. The van der Waals surface area contributed by atoms with Crippen molar-refractivity contribution in [2.45, 2.75) is 19.3 Å². The molecule has 0 saturated heterocycles. The van der Waals surface area contributed by atoms with E-state index in [4.69, 9.17) is 0 Å². The number of nitrogens with one attached hydrogen (secondary N) is 1. The molecule has 1 radical (unpaired) electrons. The Bertz CT molecular complexity index is 144. The highest BCUT2D eigenvalue weighted by atomic mass is 14.9. The van der Waals surface area contributed by atoms with E-state index in [1.807, 2.05) is 6.20 Å². The van der Waals surface area contributed by atoms with Gasteiger partial charge in [-0.1, -0.05) is 13.3 Å². The Morgan fingerprint density at radius 1 is 1.67 bits per heavy atom. The summed E-state index contributed by atoms with van der Waals surface area (Å²) in [5.74, 6) is 0. The van der Waals surface area contributed by atoms with Crippen LogP contribution >= 0.6 is 0 Å². The first-order valence-electron chi connectivity index (χ1n) is 3.20. The molecule has 0 saturated carbocycles. The van der Waals surface area contributed by atoms with Gasteiger partial charge >= 0.3 is 0 Å². The molecule has 0 aliphatic rings. The second-order valence-electron chi connectivity index (χ2n) is 2.03. The molecule has 2 heteroatoms. The van der Waals surface area contributed by atoms with E-state index in [-0.39, 0.29) is 0 Å². The smallest absolute Gasteiger partial charge is 0.0921 e. The zero-order chi connectivity index (χ0) is 6.53. The Labute approximate surface area is 55.3 Å². The highest BCUT2D eigenvalue weighted by Gasteiger charge is 1.89. The van der Waals surface area contributed by atoms with E-state index >= 15 is 0 Å². The number of unbranched alkanes of at least 4 members (excludes halogenated alkanes) is 1. The summed E-state index contributed by atoms with van der Waals surface area (Å²) in [5.41, 5.74) is 1.21. The summed E-state index contributed by atoms with van der Waals surface area (Å²) in [6, 6.07) is 0. The molecule has 1 aromatic rings. The van der Waals surface area contributed by atoms with Crippen molar-refractivity contribution in [2.24, 2.45) is 0 Å². The predicted octanol–water partition coefficient (Wildman–Crippen LogP) is 1.57. The van der Waals surface area contributed by atoms with Crippen LogP contribution in [0.1, 0.15) is 18.5 Å². The van der Waals surface area contributed by atoms with Crippen molar-refractivity contribution in [3.05, 3.63) is 25.1 Å². The second kappa shape index (κ2) is 3.28. The molecule has 0 aliphatic carbocycles. The van der Waals surface area contributed by atoms with Gasteiger partial charge in [0.1, 0.15) is 0 Å². The summed E-state index contributed by atoms with van der Waals surface area (Å²) in [4.78, 5) is 6.93. The summed E-state index contributed by atoms with van der Waals surface area (Å²) >= 11 is 0. The van der Waals surface area contributed by atoms with Crippen molar-refractivity contribution in [3.8, 4) is 0 Å². The van der Waals surface area contributed by atoms with E-state index in [0.717, 1.165) is 19.3 Å². The third-order valence-corrected chi connectivity index (χ3v) is 1.25. The van der Waals surface area contributed by atoms with Gasteiger partial charge < -0.3 is 4.98 Å². The lowest BCUT2D eigenvalue weighted by Gasteiger charge is -1.90. The van der Waals surface area contributed by atoms with E-state index in [9.17, 15) is 0 Å². The monoisotopic (exact) mass is 123 g/mol. The van der Waals surface area contributed by atoms with Crippen molar-refractivity contribution in [2.75, 3.05) is 0 Å². The highest BCUT2D eigenvalue weighted by Crippen LogP contribution is 1.97. The number of H-pyrrole nitrogens is 1. The number of imidazole rings is 1. The van der Waals surface area contributed by atoms with Gasteiger partial charge in [-0.15, -0.1) is 0 Å². The number of hydrogen-bond donors (Lipinski definition) is 1. The van der Waals surface area contributed by atoms with Gasteiger partial charge in [0.25, 0.3) is 0 Å². The molecule has 1 N–H and O–H groups in total. The van der Waals surface area contributed by atoms with Crippen LogP contribution in [0.2, 0.25) is 0 Å². The number of rotatable bonds is 3. The molecule has 2 nitrogen and oxygen atoms in total. The normalized spacial score (nSPS) is 9.89. The number of aryl methyl sites for hydroxylation is 1. The molecule has 0 spiro atoms. The molecule has 49 valence electrons. The molecule has 1 rings (SSSR count). The first-order valence-corrected chi connectivity index (χ1v) is 3.20. The quantitative estimate of drug-likeness (QED) is 0.649. The van der Waals surface area contributed by atoms with Crippen LogP contribution in [0, 0.1) is 6.92 Å². The molecule has 0 aliphatic heterocycles. The maximum absolute atomic E-state index is 3.90. The minimum Gasteiger partial charge on any atom is -0.348 e. The van der Waals surface area contributed by atoms with Gasteiger partial charge in [0, 0.05) is 11.9 Å². The largest absolute Gasteiger partial charge is 0.348 e. The van der Waals surface area contributed by atoms with Crippen LogP contribution < -0.4 is 0 Å². The average Bonchev–Trinajstić information content (AvgIpc) is 2.34. The van der Waals surface area contributed by atoms with E-state index in [1.54, 1.807) is 6.33 Å². The molecule has 0 atom stereocenters. The Hall–Kier alpha value is -0.790. The molecule has 0 unspecified atom stereocenters. The zero-order valence-corrected chi connectivity index (χ0v) is 5.43. The van der Waals surface area contributed by atoms with Gasteiger partial charge in [-0.2, -0.15) is 0 Å². The van der Waals surface area contributed by atoms with Crippen molar-refractivity contribution in [1.29, 1.82) is 0 Å². The number of hydrogen-bond acceptors (Lipinski definition) is 1. The predicted molar refractivity (Wildman–Crippen MR) is 36.9 cm³/mol. The van der Waals surface area contributed by atoms with E-state index in [0.29, 0.717) is 0 Å². The van der Waals surface area contributed by atoms with Crippen LogP contribution in [-0.2, 0) is 6.42 Å². The lowest BCUT2D eigenvalue weighted by molar-refractivity contribution is 0.822. The Morgan fingerprint density at radius 3 is 3.11 bits per heavy atom. The van der Waals surface area contributed by atoms with Crippen LogP contribution in [0.4, 0.5) is 0 Å². The van der Waals surface area contributed by atoms with Crippen molar-refractivity contribution in [1.82, 2.24) is 9.97 Å². The zero-order valence-electron chi connectivity index (χ0n) is 5.43. The van der Waals surface area contributed by atoms with E-state index < -0.39 is 0 Å². The van der Waals surface area contributed by atoms with Crippen LogP contribution in [0.25, 0.3) is 0 Å². The van der Waals surface area contributed by atoms with Gasteiger partial charge in [0.2, 0.25) is 0 Å². The lowest BCUT2D eigenvalue weighted by Crippen LogP contribution is -1.82. The van der Waals surface area contributed by atoms with Gasteiger partial charge in [-0.3, -0.25) is 0 Å². The van der Waals surface area contributed by atoms with E-state index in [2.05, 4.69) is 16.9 Å². The third-order valence-electron chi connectivity index (χ3n) is 1.25. The van der Waals surface area contributed by atoms with Crippen LogP contribution in [0.15, 0.2) is 12.5 Å². The molecule has 1 heterocycles. The molecular weight excluding hydrogens is 112 g/mol. The maximum Gasteiger partial charge on any atom is 0.0921 e. The van der Waals surface area contributed by atoms with Crippen molar-refractivity contribution >= 4 is 0 Å². The standard InChI is InChI=1S/C7H11N2/c1-2-3-4-7-5-8-6-9-7/h5-6H,1-4H2,(H,8,9). The first kappa shape index (κ1) is 6.33. The van der Waals surface area contributed by atoms with Crippen molar-refractivity contribution < 1.29 is 0 Å².